The normalized spacial score (nSPS) is 13.9. The van der Waals surface area contributed by atoms with Crippen LogP contribution in [-0.4, -0.2) is 32.6 Å². The number of benzene rings is 1. The van der Waals surface area contributed by atoms with Crippen molar-refractivity contribution in [2.75, 3.05) is 27.7 Å². The van der Waals surface area contributed by atoms with Crippen LogP contribution in [0.5, 0.6) is 5.75 Å². The number of methoxy groups -OCH3 is 1. The van der Waals surface area contributed by atoms with Crippen LogP contribution in [-0.2, 0) is 0 Å². The molecule has 1 aromatic rings. The van der Waals surface area contributed by atoms with Gasteiger partial charge in [-0.3, -0.25) is 0 Å². The molecule has 0 unspecified atom stereocenters. The summed E-state index contributed by atoms with van der Waals surface area (Å²) >= 11 is 0. The van der Waals surface area contributed by atoms with Gasteiger partial charge in [-0.1, -0.05) is 26.0 Å². The second-order valence-corrected chi connectivity index (χ2v) is 5.03. The molecule has 0 radical (unpaired) electrons. The zero-order chi connectivity index (χ0) is 12.8. The molecule has 0 saturated carbocycles. The first-order chi connectivity index (χ1) is 8.08. The Morgan fingerprint density at radius 2 is 1.94 bits per heavy atom. The maximum Gasteiger partial charge on any atom is 0.119 e. The molecule has 18 heavy (non-hydrogen) atoms. The molecule has 0 aliphatic carbocycles. The molecule has 2 atom stereocenters. The molecule has 0 aliphatic heterocycles. The van der Waals surface area contributed by atoms with Gasteiger partial charge in [-0.25, -0.2) is 0 Å². The van der Waals surface area contributed by atoms with Gasteiger partial charge in [0.2, 0.25) is 0 Å². The van der Waals surface area contributed by atoms with Crippen molar-refractivity contribution in [3.8, 4) is 5.75 Å². The van der Waals surface area contributed by atoms with Crippen LogP contribution in [0.25, 0.3) is 0 Å². The molecular formula is C15H26ClNO. The lowest BCUT2D eigenvalue weighted by atomic mass is 9.85. The van der Waals surface area contributed by atoms with E-state index in [1.165, 1.54) is 12.0 Å². The summed E-state index contributed by atoms with van der Waals surface area (Å²) in [5.41, 5.74) is 1.39. The molecular weight excluding hydrogens is 246 g/mol. The Morgan fingerprint density at radius 3 is 2.44 bits per heavy atom. The minimum absolute atomic E-state index is 0. The number of halogens is 1. The third kappa shape index (κ3) is 4.87. The zero-order valence-electron chi connectivity index (χ0n) is 12.1. The smallest absolute Gasteiger partial charge is 0.119 e. The fourth-order valence-corrected chi connectivity index (χ4v) is 2.54. The van der Waals surface area contributed by atoms with Gasteiger partial charge in [0.1, 0.15) is 5.75 Å². The molecule has 0 fully saturated rings. The summed E-state index contributed by atoms with van der Waals surface area (Å²) in [6, 6.07) is 8.47. The van der Waals surface area contributed by atoms with Gasteiger partial charge in [-0.2, -0.15) is 0 Å². The second-order valence-electron chi connectivity index (χ2n) is 5.03. The first-order valence-electron chi connectivity index (χ1n) is 6.37. The maximum atomic E-state index is 5.30. The highest BCUT2D eigenvalue weighted by atomic mass is 35.5. The predicted molar refractivity (Wildman–Crippen MR) is 81.0 cm³/mol. The van der Waals surface area contributed by atoms with Gasteiger partial charge in [0.25, 0.3) is 0 Å². The van der Waals surface area contributed by atoms with Gasteiger partial charge in [0, 0.05) is 6.54 Å². The van der Waals surface area contributed by atoms with Crippen LogP contribution >= 0.6 is 12.4 Å². The Balaban J connectivity index is 0.00000289. The maximum absolute atomic E-state index is 5.30. The largest absolute Gasteiger partial charge is 0.497 e. The number of hydrogen-bond donors (Lipinski definition) is 0. The van der Waals surface area contributed by atoms with Gasteiger partial charge in [-0.05, 0) is 50.0 Å². The predicted octanol–water partition coefficient (Wildman–Crippen LogP) is 3.81. The van der Waals surface area contributed by atoms with Crippen molar-refractivity contribution < 1.29 is 4.74 Å². The van der Waals surface area contributed by atoms with Crippen LogP contribution in [0, 0.1) is 5.92 Å². The summed E-state index contributed by atoms with van der Waals surface area (Å²) in [7, 11) is 5.99. The average Bonchev–Trinajstić information content (AvgIpc) is 2.29. The summed E-state index contributed by atoms with van der Waals surface area (Å²) in [4.78, 5) is 2.26. The van der Waals surface area contributed by atoms with Crippen molar-refractivity contribution in [2.45, 2.75) is 26.2 Å². The molecule has 0 amide bonds. The van der Waals surface area contributed by atoms with E-state index in [1.807, 2.05) is 6.07 Å². The standard InChI is InChI=1S/C15H25NO.ClH/c1-6-15(12(2)11-16(3)4)13-8-7-9-14(10-13)17-5;/h7-10,12,15H,6,11H2,1-5H3;1H/t12-,15-;/m1./s1. The third-order valence-corrected chi connectivity index (χ3v) is 3.30. The molecule has 0 bridgehead atoms. The van der Waals surface area contributed by atoms with Gasteiger partial charge >= 0.3 is 0 Å². The first-order valence-corrected chi connectivity index (χ1v) is 6.37. The van der Waals surface area contributed by atoms with E-state index in [-0.39, 0.29) is 12.4 Å². The molecule has 0 heterocycles. The lowest BCUT2D eigenvalue weighted by molar-refractivity contribution is 0.301. The molecule has 0 aromatic heterocycles. The molecule has 104 valence electrons. The van der Waals surface area contributed by atoms with E-state index in [0.717, 1.165) is 12.3 Å². The van der Waals surface area contributed by atoms with Crippen LogP contribution in [0.15, 0.2) is 24.3 Å². The Bertz CT molecular complexity index is 341. The van der Waals surface area contributed by atoms with Crippen LogP contribution in [0.4, 0.5) is 0 Å². The quantitative estimate of drug-likeness (QED) is 0.780. The molecule has 0 N–H and O–H groups in total. The van der Waals surface area contributed by atoms with Crippen molar-refractivity contribution in [1.29, 1.82) is 0 Å². The lowest BCUT2D eigenvalue weighted by Gasteiger charge is -2.26. The van der Waals surface area contributed by atoms with E-state index in [1.54, 1.807) is 7.11 Å². The van der Waals surface area contributed by atoms with Crippen LogP contribution in [0.1, 0.15) is 31.7 Å². The Morgan fingerprint density at radius 1 is 1.28 bits per heavy atom. The van der Waals surface area contributed by atoms with Crippen LogP contribution < -0.4 is 4.74 Å². The van der Waals surface area contributed by atoms with E-state index in [2.05, 4.69) is 51.0 Å². The van der Waals surface area contributed by atoms with Crippen LogP contribution in [0.2, 0.25) is 0 Å². The average molecular weight is 272 g/mol. The number of nitrogens with zero attached hydrogens (tertiary/aromatic N) is 1. The molecule has 0 aliphatic rings. The third-order valence-electron chi connectivity index (χ3n) is 3.30. The van der Waals surface area contributed by atoms with Crippen molar-refractivity contribution >= 4 is 12.4 Å². The minimum atomic E-state index is 0. The summed E-state index contributed by atoms with van der Waals surface area (Å²) in [6.45, 7) is 5.71. The molecule has 0 spiro atoms. The minimum Gasteiger partial charge on any atom is -0.497 e. The number of hydrogen-bond acceptors (Lipinski definition) is 2. The molecule has 0 saturated heterocycles. The summed E-state index contributed by atoms with van der Waals surface area (Å²) in [5.74, 6) is 2.22. The van der Waals surface area contributed by atoms with E-state index >= 15 is 0 Å². The van der Waals surface area contributed by atoms with Gasteiger partial charge in [0.15, 0.2) is 0 Å². The monoisotopic (exact) mass is 271 g/mol. The number of rotatable bonds is 6. The highest BCUT2D eigenvalue weighted by Crippen LogP contribution is 2.30. The van der Waals surface area contributed by atoms with E-state index in [0.29, 0.717) is 11.8 Å². The summed E-state index contributed by atoms with van der Waals surface area (Å²) < 4.78 is 5.30. The fraction of sp³-hybridized carbons (Fsp3) is 0.600. The lowest BCUT2D eigenvalue weighted by Crippen LogP contribution is -2.24. The van der Waals surface area contributed by atoms with Gasteiger partial charge in [0.05, 0.1) is 7.11 Å². The van der Waals surface area contributed by atoms with E-state index in [9.17, 15) is 0 Å². The van der Waals surface area contributed by atoms with Gasteiger partial charge in [-0.15, -0.1) is 12.4 Å². The highest BCUT2D eigenvalue weighted by molar-refractivity contribution is 5.85. The second kappa shape index (κ2) is 8.39. The van der Waals surface area contributed by atoms with Crippen LogP contribution in [0.3, 0.4) is 0 Å². The van der Waals surface area contributed by atoms with Gasteiger partial charge < -0.3 is 9.64 Å². The molecule has 1 rings (SSSR count). The van der Waals surface area contributed by atoms with Crippen molar-refractivity contribution in [2.24, 2.45) is 5.92 Å². The number of ether oxygens (including phenoxy) is 1. The SMILES string of the molecule is CC[C@@H](c1cccc(OC)c1)[C@H](C)CN(C)C.Cl. The topological polar surface area (TPSA) is 12.5 Å². The van der Waals surface area contributed by atoms with E-state index < -0.39 is 0 Å². The molecule has 1 aromatic carbocycles. The first kappa shape index (κ1) is 17.3. The fourth-order valence-electron chi connectivity index (χ4n) is 2.54. The molecule has 3 heteroatoms. The van der Waals surface area contributed by atoms with Crippen molar-refractivity contribution in [3.05, 3.63) is 29.8 Å². The Kier molecular flexibility index (Phi) is 8.05. The molecule has 2 nitrogen and oxygen atoms in total. The van der Waals surface area contributed by atoms with Crippen molar-refractivity contribution in [3.63, 3.8) is 0 Å². The Labute approximate surface area is 118 Å². The highest BCUT2D eigenvalue weighted by Gasteiger charge is 2.18. The van der Waals surface area contributed by atoms with Crippen molar-refractivity contribution in [1.82, 2.24) is 4.90 Å². The zero-order valence-corrected chi connectivity index (χ0v) is 13.0. The Hall–Kier alpha value is -0.730. The summed E-state index contributed by atoms with van der Waals surface area (Å²) in [6.07, 6.45) is 1.17. The van der Waals surface area contributed by atoms with E-state index in [4.69, 9.17) is 4.74 Å². The summed E-state index contributed by atoms with van der Waals surface area (Å²) in [5, 5.41) is 0.